The lowest BCUT2D eigenvalue weighted by Gasteiger charge is -2.40. The van der Waals surface area contributed by atoms with Gasteiger partial charge < -0.3 is 14.5 Å². The molecule has 0 aliphatic carbocycles. The predicted molar refractivity (Wildman–Crippen MR) is 126 cm³/mol. The number of carbonyl (C=O) groups excluding carboxylic acids is 2. The first-order valence-corrected chi connectivity index (χ1v) is 11.2. The Kier molecular flexibility index (Phi) is 6.98. The third-order valence-corrected chi connectivity index (χ3v) is 5.88. The highest BCUT2D eigenvalue weighted by atomic mass is 16.5. The molecule has 3 aromatic rings. The van der Waals surface area contributed by atoms with Crippen molar-refractivity contribution in [2.75, 3.05) is 26.7 Å². The van der Waals surface area contributed by atoms with Gasteiger partial charge in [-0.1, -0.05) is 37.3 Å². The van der Waals surface area contributed by atoms with Crippen LogP contribution in [0.4, 0.5) is 0 Å². The minimum Gasteiger partial charge on any atom is -0.481 e. The number of hydrogen-bond donors (Lipinski definition) is 0. The predicted octanol–water partition coefficient (Wildman–Crippen LogP) is 3.46. The van der Waals surface area contributed by atoms with E-state index in [0.717, 1.165) is 23.1 Å². The summed E-state index contributed by atoms with van der Waals surface area (Å²) in [4.78, 5) is 38.7. The summed E-state index contributed by atoms with van der Waals surface area (Å²) in [7, 11) is 1.53. The Morgan fingerprint density at radius 1 is 1.09 bits per heavy atom. The lowest BCUT2D eigenvalue weighted by Crippen LogP contribution is -2.59. The summed E-state index contributed by atoms with van der Waals surface area (Å²) in [5.41, 5.74) is 3.49. The van der Waals surface area contributed by atoms with Gasteiger partial charge in [0.25, 0.3) is 5.91 Å². The van der Waals surface area contributed by atoms with Gasteiger partial charge in [0.2, 0.25) is 11.8 Å². The molecule has 3 heterocycles. The van der Waals surface area contributed by atoms with E-state index >= 15 is 0 Å². The molecule has 170 valence electrons. The van der Waals surface area contributed by atoms with Gasteiger partial charge in [0.15, 0.2) is 0 Å². The van der Waals surface area contributed by atoms with E-state index in [0.29, 0.717) is 37.5 Å². The van der Waals surface area contributed by atoms with Crippen LogP contribution in [0.2, 0.25) is 0 Å². The molecule has 0 saturated carbocycles. The monoisotopic (exact) mass is 444 g/mol. The second-order valence-electron chi connectivity index (χ2n) is 8.08. The van der Waals surface area contributed by atoms with Crippen LogP contribution in [0, 0.1) is 0 Å². The second kappa shape index (κ2) is 10.3. The number of ether oxygens (including phenoxy) is 1. The number of aromatic nitrogens is 2. The van der Waals surface area contributed by atoms with E-state index in [-0.39, 0.29) is 11.8 Å². The van der Waals surface area contributed by atoms with Crippen molar-refractivity contribution in [1.29, 1.82) is 0 Å². The highest BCUT2D eigenvalue weighted by Crippen LogP contribution is 2.24. The van der Waals surface area contributed by atoms with Gasteiger partial charge in [-0.15, -0.1) is 0 Å². The Hall–Kier alpha value is -3.74. The average Bonchev–Trinajstić information content (AvgIpc) is 2.87. The Morgan fingerprint density at radius 2 is 1.94 bits per heavy atom. The van der Waals surface area contributed by atoms with Gasteiger partial charge in [0.05, 0.1) is 12.7 Å². The van der Waals surface area contributed by atoms with Crippen molar-refractivity contribution in [1.82, 2.24) is 19.8 Å². The maximum atomic E-state index is 13.4. The summed E-state index contributed by atoms with van der Waals surface area (Å²) >= 11 is 0. The highest BCUT2D eigenvalue weighted by Gasteiger charge is 2.37. The van der Waals surface area contributed by atoms with E-state index in [1.54, 1.807) is 23.2 Å². The lowest BCUT2D eigenvalue weighted by atomic mass is 9.97. The van der Waals surface area contributed by atoms with Crippen molar-refractivity contribution in [2.24, 2.45) is 0 Å². The van der Waals surface area contributed by atoms with E-state index in [1.807, 2.05) is 41.4 Å². The van der Waals surface area contributed by atoms with Crippen molar-refractivity contribution >= 4 is 11.8 Å². The first kappa shape index (κ1) is 22.5. The fraction of sp³-hybridized carbons (Fsp3) is 0.308. The third-order valence-electron chi connectivity index (χ3n) is 5.88. The average molecular weight is 445 g/mol. The number of amides is 2. The number of benzene rings is 1. The van der Waals surface area contributed by atoms with Gasteiger partial charge in [-0.2, -0.15) is 0 Å². The zero-order valence-electron chi connectivity index (χ0n) is 19.0. The largest absolute Gasteiger partial charge is 0.481 e. The van der Waals surface area contributed by atoms with Crippen LogP contribution in [0.1, 0.15) is 29.3 Å². The molecular weight excluding hydrogens is 416 g/mol. The number of methoxy groups -OCH3 is 1. The van der Waals surface area contributed by atoms with Crippen molar-refractivity contribution in [2.45, 2.75) is 25.8 Å². The van der Waals surface area contributed by atoms with Gasteiger partial charge in [-0.3, -0.25) is 14.6 Å². The van der Waals surface area contributed by atoms with Gasteiger partial charge in [0.1, 0.15) is 6.04 Å². The number of piperazine rings is 1. The molecule has 0 N–H and O–H groups in total. The number of nitrogens with zero attached hydrogens (tertiary/aromatic N) is 4. The Labute approximate surface area is 194 Å². The minimum absolute atomic E-state index is 0.00954. The van der Waals surface area contributed by atoms with E-state index in [9.17, 15) is 9.59 Å². The first-order valence-electron chi connectivity index (χ1n) is 11.2. The van der Waals surface area contributed by atoms with E-state index in [1.165, 1.54) is 13.3 Å². The quantitative estimate of drug-likeness (QED) is 0.558. The molecule has 1 aliphatic rings. The molecular formula is C26H28N4O3. The van der Waals surface area contributed by atoms with E-state index < -0.39 is 6.04 Å². The molecule has 7 heteroatoms. The molecule has 1 aliphatic heterocycles. The molecule has 1 unspecified atom stereocenters. The van der Waals surface area contributed by atoms with Crippen LogP contribution in [-0.2, 0) is 11.2 Å². The van der Waals surface area contributed by atoms with Crippen LogP contribution in [0.5, 0.6) is 5.88 Å². The van der Waals surface area contributed by atoms with Crippen molar-refractivity contribution < 1.29 is 14.3 Å². The topological polar surface area (TPSA) is 75.6 Å². The van der Waals surface area contributed by atoms with Crippen molar-refractivity contribution in [3.8, 4) is 17.0 Å². The number of pyridine rings is 2. The van der Waals surface area contributed by atoms with Gasteiger partial charge >= 0.3 is 0 Å². The summed E-state index contributed by atoms with van der Waals surface area (Å²) in [5, 5.41) is 0. The maximum absolute atomic E-state index is 13.4. The van der Waals surface area contributed by atoms with Crippen LogP contribution in [-0.4, -0.2) is 64.4 Å². The smallest absolute Gasteiger partial charge is 0.256 e. The normalized spacial score (nSPS) is 16.1. The Bertz CT molecular complexity index is 1100. The van der Waals surface area contributed by atoms with Gasteiger partial charge in [-0.25, -0.2) is 4.98 Å². The Balaban J connectivity index is 1.62. The number of rotatable bonds is 7. The Morgan fingerprint density at radius 3 is 2.64 bits per heavy atom. The maximum Gasteiger partial charge on any atom is 0.256 e. The molecule has 1 aromatic carbocycles. The van der Waals surface area contributed by atoms with Crippen molar-refractivity contribution in [3.05, 3.63) is 78.2 Å². The molecule has 0 bridgehead atoms. The summed E-state index contributed by atoms with van der Waals surface area (Å²) in [6, 6.07) is 14.8. The van der Waals surface area contributed by atoms with E-state index in [2.05, 4.69) is 23.0 Å². The van der Waals surface area contributed by atoms with Crippen LogP contribution in [0.25, 0.3) is 11.1 Å². The third kappa shape index (κ3) is 5.03. The van der Waals surface area contributed by atoms with Gasteiger partial charge in [-0.05, 0) is 35.2 Å². The molecule has 0 radical (unpaired) electrons. The second-order valence-corrected chi connectivity index (χ2v) is 8.08. The van der Waals surface area contributed by atoms with Gasteiger partial charge in [0, 0.05) is 50.7 Å². The number of hydrogen-bond acceptors (Lipinski definition) is 5. The van der Waals surface area contributed by atoms with Crippen LogP contribution in [0.3, 0.4) is 0 Å². The minimum atomic E-state index is -0.566. The van der Waals surface area contributed by atoms with Crippen LogP contribution >= 0.6 is 0 Å². The summed E-state index contributed by atoms with van der Waals surface area (Å²) in [5.74, 6) is 0.243. The molecule has 1 saturated heterocycles. The molecule has 4 rings (SSSR count). The molecule has 7 nitrogen and oxygen atoms in total. The zero-order chi connectivity index (χ0) is 23.2. The standard InChI is InChI=1S/C26H28N4O3/c1-3-12-29-13-14-30(25(31)22-9-10-24(33-2)28-18-22)23(26(29)32)16-19-6-4-7-20(15-19)21-8-5-11-27-17-21/h4-11,15,17-18,23H,3,12-14,16H2,1-2H3. The molecule has 2 amide bonds. The summed E-state index contributed by atoms with van der Waals surface area (Å²) in [6.45, 7) is 3.77. The highest BCUT2D eigenvalue weighted by molar-refractivity contribution is 5.98. The molecule has 0 spiro atoms. The zero-order valence-corrected chi connectivity index (χ0v) is 19.0. The van der Waals surface area contributed by atoms with Crippen molar-refractivity contribution in [3.63, 3.8) is 0 Å². The van der Waals surface area contributed by atoms with Crippen LogP contribution < -0.4 is 4.74 Å². The molecule has 1 atom stereocenters. The molecule has 1 fully saturated rings. The van der Waals surface area contributed by atoms with Crippen LogP contribution in [0.15, 0.2) is 67.1 Å². The summed E-state index contributed by atoms with van der Waals surface area (Å²) in [6.07, 6.45) is 6.39. The summed E-state index contributed by atoms with van der Waals surface area (Å²) < 4.78 is 5.10. The fourth-order valence-corrected chi connectivity index (χ4v) is 4.20. The first-order chi connectivity index (χ1) is 16.1. The molecule has 2 aromatic heterocycles. The lowest BCUT2D eigenvalue weighted by molar-refractivity contribution is -0.140. The SMILES string of the molecule is CCCN1CCN(C(=O)c2ccc(OC)nc2)C(Cc2cccc(-c3cccnc3)c2)C1=O. The fourth-order valence-electron chi connectivity index (χ4n) is 4.20. The number of carbonyl (C=O) groups is 2. The van der Waals surface area contributed by atoms with E-state index in [4.69, 9.17) is 4.74 Å². The molecule has 33 heavy (non-hydrogen) atoms.